The van der Waals surface area contributed by atoms with Crippen LogP contribution in [-0.4, -0.2) is 35.0 Å². The molecule has 2 aromatic heterocycles. The minimum Gasteiger partial charge on any atom is -0.235 e. The van der Waals surface area contributed by atoms with Crippen molar-refractivity contribution < 1.29 is 8.42 Å². The number of rotatable bonds is 3. The molecule has 0 aliphatic rings. The Labute approximate surface area is 134 Å². The summed E-state index contributed by atoms with van der Waals surface area (Å²) < 4.78 is 28.0. The van der Waals surface area contributed by atoms with Crippen LogP contribution in [-0.2, 0) is 10.0 Å². The second-order valence-corrected chi connectivity index (χ2v) is 7.42. The molecule has 0 saturated heterocycles. The van der Waals surface area contributed by atoms with Crippen LogP contribution < -0.4 is 4.31 Å². The Bertz CT molecular complexity index is 977. The molecule has 0 aliphatic heterocycles. The summed E-state index contributed by atoms with van der Waals surface area (Å²) in [5.74, 6) is 0.468. The first-order valence-electron chi connectivity index (χ1n) is 7.05. The van der Waals surface area contributed by atoms with Crippen molar-refractivity contribution in [3.63, 3.8) is 0 Å². The van der Waals surface area contributed by atoms with Crippen LogP contribution in [0.15, 0.2) is 35.2 Å². The van der Waals surface area contributed by atoms with Crippen LogP contribution >= 0.6 is 0 Å². The van der Waals surface area contributed by atoms with Crippen LogP contribution in [0.5, 0.6) is 0 Å². The van der Waals surface area contributed by atoms with E-state index in [-0.39, 0.29) is 10.8 Å². The Kier molecular flexibility index (Phi) is 3.56. The minimum absolute atomic E-state index is 0.0896. The summed E-state index contributed by atoms with van der Waals surface area (Å²) in [4.78, 5) is 8.70. The summed E-state index contributed by atoms with van der Waals surface area (Å²) in [5, 5.41) is 4.25. The second-order valence-electron chi connectivity index (χ2n) is 5.45. The van der Waals surface area contributed by atoms with Crippen LogP contribution in [0.4, 0.5) is 5.95 Å². The predicted molar refractivity (Wildman–Crippen MR) is 87.0 cm³/mol. The summed E-state index contributed by atoms with van der Waals surface area (Å²) in [6.45, 7) is 5.63. The molecule has 0 saturated carbocycles. The molecule has 0 aliphatic carbocycles. The number of nitrogens with zero attached hydrogens (tertiary/aromatic N) is 5. The summed E-state index contributed by atoms with van der Waals surface area (Å²) in [6.07, 6.45) is 0. The van der Waals surface area contributed by atoms with Gasteiger partial charge in [-0.05, 0) is 39.0 Å². The molecule has 0 unspecified atom stereocenters. The maximum atomic E-state index is 12.7. The number of hydrogen-bond donors (Lipinski definition) is 0. The number of aromatic nitrogens is 4. The number of hydrogen-bond acceptors (Lipinski definition) is 5. The van der Waals surface area contributed by atoms with Crippen molar-refractivity contribution in [3.8, 4) is 0 Å². The van der Waals surface area contributed by atoms with Gasteiger partial charge in [-0.15, -0.1) is 5.10 Å². The van der Waals surface area contributed by atoms with E-state index in [1.165, 1.54) is 11.6 Å². The Morgan fingerprint density at radius 3 is 2.35 bits per heavy atom. The molecule has 23 heavy (non-hydrogen) atoms. The van der Waals surface area contributed by atoms with Gasteiger partial charge in [-0.1, -0.05) is 17.7 Å². The molecule has 7 nitrogen and oxygen atoms in total. The number of benzene rings is 1. The van der Waals surface area contributed by atoms with E-state index >= 15 is 0 Å². The molecule has 0 N–H and O–H groups in total. The highest BCUT2D eigenvalue weighted by Gasteiger charge is 2.25. The molecule has 120 valence electrons. The summed E-state index contributed by atoms with van der Waals surface area (Å²) >= 11 is 0. The first-order valence-corrected chi connectivity index (χ1v) is 8.49. The molecule has 3 rings (SSSR count). The van der Waals surface area contributed by atoms with Crippen molar-refractivity contribution in [2.75, 3.05) is 11.4 Å². The SMILES string of the molecule is Cc1ccc(S(=O)(=O)N(C)c2nc3nc(C)cc(C)n3n2)cc1. The molecule has 0 radical (unpaired) electrons. The van der Waals surface area contributed by atoms with Crippen LogP contribution in [0.2, 0.25) is 0 Å². The van der Waals surface area contributed by atoms with Crippen molar-refractivity contribution in [2.45, 2.75) is 25.7 Å². The highest BCUT2D eigenvalue weighted by molar-refractivity contribution is 7.92. The van der Waals surface area contributed by atoms with Crippen molar-refractivity contribution in [2.24, 2.45) is 0 Å². The maximum absolute atomic E-state index is 12.7. The van der Waals surface area contributed by atoms with Gasteiger partial charge in [0.25, 0.3) is 21.7 Å². The molecular weight excluding hydrogens is 314 g/mol. The first kappa shape index (κ1) is 15.4. The van der Waals surface area contributed by atoms with Gasteiger partial charge < -0.3 is 0 Å². The molecule has 0 fully saturated rings. The standard InChI is InChI=1S/C15H17N5O2S/c1-10-5-7-13(8-6-10)23(21,22)19(4)15-17-14-16-11(2)9-12(3)20(14)18-15/h5-9H,1-4H3. The average Bonchev–Trinajstić information content (AvgIpc) is 2.91. The Hall–Kier alpha value is -2.48. The zero-order valence-corrected chi connectivity index (χ0v) is 14.2. The van der Waals surface area contributed by atoms with Gasteiger partial charge >= 0.3 is 0 Å². The van der Waals surface area contributed by atoms with Crippen molar-refractivity contribution >= 4 is 21.7 Å². The molecule has 8 heteroatoms. The van der Waals surface area contributed by atoms with Crippen LogP contribution in [0.3, 0.4) is 0 Å². The fraction of sp³-hybridized carbons (Fsp3) is 0.267. The number of anilines is 1. The molecule has 1 aromatic carbocycles. The van der Waals surface area contributed by atoms with E-state index in [1.54, 1.807) is 24.3 Å². The average molecular weight is 331 g/mol. The lowest BCUT2D eigenvalue weighted by Gasteiger charge is -2.15. The summed E-state index contributed by atoms with van der Waals surface area (Å²) in [5.41, 5.74) is 2.64. The van der Waals surface area contributed by atoms with Gasteiger partial charge in [-0.25, -0.2) is 17.7 Å². The van der Waals surface area contributed by atoms with Crippen LogP contribution in [0.25, 0.3) is 5.78 Å². The smallest absolute Gasteiger partial charge is 0.235 e. The highest BCUT2D eigenvalue weighted by atomic mass is 32.2. The van der Waals surface area contributed by atoms with Gasteiger partial charge in [0.05, 0.1) is 4.90 Å². The third-order valence-corrected chi connectivity index (χ3v) is 5.32. The summed E-state index contributed by atoms with van der Waals surface area (Å²) in [6, 6.07) is 8.52. The van der Waals surface area contributed by atoms with E-state index in [1.807, 2.05) is 26.8 Å². The normalized spacial score (nSPS) is 11.8. The van der Waals surface area contributed by atoms with Crippen LogP contribution in [0, 0.1) is 20.8 Å². The molecule has 0 atom stereocenters. The molecule has 0 bridgehead atoms. The lowest BCUT2D eigenvalue weighted by molar-refractivity contribution is 0.593. The van der Waals surface area contributed by atoms with E-state index in [0.29, 0.717) is 5.78 Å². The lowest BCUT2D eigenvalue weighted by Crippen LogP contribution is -2.27. The van der Waals surface area contributed by atoms with Gasteiger partial charge in [0, 0.05) is 18.4 Å². The Morgan fingerprint density at radius 1 is 1.04 bits per heavy atom. The van der Waals surface area contributed by atoms with Gasteiger partial charge in [0.1, 0.15) is 0 Å². The zero-order chi connectivity index (χ0) is 16.8. The Balaban J connectivity index is 2.07. The van der Waals surface area contributed by atoms with E-state index in [0.717, 1.165) is 21.3 Å². The second kappa shape index (κ2) is 5.31. The predicted octanol–water partition coefficient (Wildman–Crippen LogP) is 1.87. The molecule has 2 heterocycles. The number of aryl methyl sites for hydroxylation is 3. The molecule has 0 spiro atoms. The fourth-order valence-electron chi connectivity index (χ4n) is 2.26. The van der Waals surface area contributed by atoms with E-state index < -0.39 is 10.0 Å². The van der Waals surface area contributed by atoms with Crippen LogP contribution in [0.1, 0.15) is 17.0 Å². The lowest BCUT2D eigenvalue weighted by atomic mass is 10.2. The minimum atomic E-state index is -3.71. The zero-order valence-electron chi connectivity index (χ0n) is 13.3. The largest absolute Gasteiger partial charge is 0.266 e. The van der Waals surface area contributed by atoms with Crippen molar-refractivity contribution in [3.05, 3.63) is 47.3 Å². The molecule has 3 aromatic rings. The molecular formula is C15H17N5O2S. The third kappa shape index (κ3) is 2.65. The fourth-order valence-corrected chi connectivity index (χ4v) is 3.35. The Morgan fingerprint density at radius 2 is 1.70 bits per heavy atom. The monoisotopic (exact) mass is 331 g/mol. The van der Waals surface area contributed by atoms with Crippen molar-refractivity contribution in [1.29, 1.82) is 0 Å². The van der Waals surface area contributed by atoms with Crippen molar-refractivity contribution in [1.82, 2.24) is 19.6 Å². The number of sulfonamides is 1. The van der Waals surface area contributed by atoms with Gasteiger partial charge in [-0.3, -0.25) is 0 Å². The summed E-state index contributed by atoms with van der Waals surface area (Å²) in [7, 11) is -2.28. The quantitative estimate of drug-likeness (QED) is 0.732. The third-order valence-electron chi connectivity index (χ3n) is 3.57. The van der Waals surface area contributed by atoms with E-state index in [4.69, 9.17) is 0 Å². The van der Waals surface area contributed by atoms with E-state index in [9.17, 15) is 8.42 Å². The topological polar surface area (TPSA) is 80.5 Å². The van der Waals surface area contributed by atoms with Gasteiger partial charge in [0.2, 0.25) is 0 Å². The highest BCUT2D eigenvalue weighted by Crippen LogP contribution is 2.20. The molecule has 0 amide bonds. The maximum Gasteiger partial charge on any atom is 0.266 e. The number of fused-ring (bicyclic) bond motifs is 1. The van der Waals surface area contributed by atoms with Gasteiger partial charge in [0.15, 0.2) is 0 Å². The van der Waals surface area contributed by atoms with Gasteiger partial charge in [-0.2, -0.15) is 9.50 Å². The van der Waals surface area contributed by atoms with E-state index in [2.05, 4.69) is 15.1 Å². The first-order chi connectivity index (χ1) is 10.8.